The van der Waals surface area contributed by atoms with Crippen LogP contribution in [0.4, 0.5) is 0 Å². The molecule has 1 saturated heterocycles. The van der Waals surface area contributed by atoms with Crippen LogP contribution in [0.5, 0.6) is 0 Å². The number of rotatable bonds is 5. The minimum atomic E-state index is -0.998. The molecule has 2 N–H and O–H groups in total. The number of hydrogen-bond acceptors (Lipinski definition) is 9. The molecule has 1 aromatic carbocycles. The molecule has 1 aromatic heterocycles. The van der Waals surface area contributed by atoms with E-state index >= 15 is 0 Å². The lowest BCUT2D eigenvalue weighted by molar-refractivity contribution is -0.191. The minimum Gasteiger partial charge on any atom is -0.394 e. The van der Waals surface area contributed by atoms with Gasteiger partial charge in [0.2, 0.25) is 0 Å². The highest BCUT2D eigenvalue weighted by Gasteiger charge is 2.47. The number of methoxy groups -OCH3 is 1. The highest BCUT2D eigenvalue weighted by molar-refractivity contribution is 7.99. The Labute approximate surface area is 174 Å². The zero-order valence-corrected chi connectivity index (χ0v) is 16.8. The van der Waals surface area contributed by atoms with Crippen molar-refractivity contribution in [1.29, 1.82) is 0 Å². The van der Waals surface area contributed by atoms with Crippen molar-refractivity contribution in [3.05, 3.63) is 40.6 Å². The zero-order valence-electron chi connectivity index (χ0n) is 14.5. The van der Waals surface area contributed by atoms with E-state index in [1.165, 1.54) is 29.8 Å². The van der Waals surface area contributed by atoms with Crippen LogP contribution < -0.4 is 0 Å². The molecular weight excluding hydrogens is 433 g/mol. The molecule has 28 heavy (non-hydrogen) atoms. The lowest BCUT2D eigenvalue weighted by Crippen LogP contribution is -2.55. The summed E-state index contributed by atoms with van der Waals surface area (Å²) < 4.78 is 13.0. The molecule has 0 saturated carbocycles. The number of hydrogen-bond donors (Lipinski definition) is 2. The highest BCUT2D eigenvalue weighted by atomic mass is 35.5. The molecule has 5 atom stereocenters. The van der Waals surface area contributed by atoms with Crippen molar-refractivity contribution in [2.45, 2.75) is 34.7 Å². The monoisotopic (exact) mass is 449 g/mol. The fourth-order valence-corrected chi connectivity index (χ4v) is 4.34. The van der Waals surface area contributed by atoms with E-state index in [9.17, 15) is 10.2 Å². The van der Waals surface area contributed by atoms with E-state index in [0.29, 0.717) is 10.0 Å². The van der Waals surface area contributed by atoms with Crippen LogP contribution in [0.3, 0.4) is 0 Å². The molecule has 2 aromatic rings. The van der Waals surface area contributed by atoms with E-state index < -0.39 is 29.8 Å². The normalized spacial score (nSPS) is 26.8. The maximum atomic E-state index is 10.6. The molecule has 3 rings (SSSR count). The molecule has 1 aliphatic rings. The van der Waals surface area contributed by atoms with Crippen LogP contribution in [0.25, 0.3) is 0 Å². The smallest absolute Gasteiger partial charge is 0.373 e. The Morgan fingerprint density at radius 2 is 2.07 bits per heavy atom. The van der Waals surface area contributed by atoms with Crippen molar-refractivity contribution >= 4 is 41.1 Å². The summed E-state index contributed by atoms with van der Waals surface area (Å²) in [6.07, 6.45) is 1.10. The van der Waals surface area contributed by atoms with Crippen molar-refractivity contribution in [3.8, 4) is 0 Å². The first-order valence-electron chi connectivity index (χ1n) is 7.90. The van der Waals surface area contributed by atoms with Gasteiger partial charge in [0.05, 0.1) is 22.8 Å². The fourth-order valence-electron chi connectivity index (χ4n) is 2.77. The largest absolute Gasteiger partial charge is 0.394 e. The summed E-state index contributed by atoms with van der Waals surface area (Å²) in [6, 6.07) is 4.69. The SMILES string of the molecule is CO[C@@H]1[C@@H](n2ccnn2)[C@@H](O)[C@@H](CO)O[C@@H]1Sc1ccc(Cl)c(Cl)c1.O=C=O. The van der Waals surface area contributed by atoms with Crippen molar-refractivity contribution in [3.63, 3.8) is 0 Å². The van der Waals surface area contributed by atoms with Crippen LogP contribution in [0.1, 0.15) is 6.04 Å². The Bertz CT molecular complexity index is 791. The van der Waals surface area contributed by atoms with Gasteiger partial charge in [0.25, 0.3) is 0 Å². The van der Waals surface area contributed by atoms with Gasteiger partial charge < -0.3 is 19.7 Å². The summed E-state index contributed by atoms with van der Waals surface area (Å²) in [5.41, 5.74) is -0.503. The molecule has 1 fully saturated rings. The van der Waals surface area contributed by atoms with Crippen LogP contribution in [0.15, 0.2) is 35.5 Å². The molecule has 0 amide bonds. The summed E-state index contributed by atoms with van der Waals surface area (Å²) in [6.45, 7) is -0.332. The topological polar surface area (TPSA) is 124 Å². The van der Waals surface area contributed by atoms with Gasteiger partial charge in [0.1, 0.15) is 29.8 Å². The van der Waals surface area contributed by atoms with Crippen molar-refractivity contribution < 1.29 is 29.3 Å². The second kappa shape index (κ2) is 10.9. The minimum absolute atomic E-state index is 0.250. The summed E-state index contributed by atoms with van der Waals surface area (Å²) >= 11 is 13.4. The number of thioether (sulfide) groups is 1. The number of halogens is 2. The molecule has 9 nitrogen and oxygen atoms in total. The van der Waals surface area contributed by atoms with Gasteiger partial charge in [-0.05, 0) is 18.2 Å². The molecule has 0 aliphatic carbocycles. The number of aromatic nitrogens is 3. The van der Waals surface area contributed by atoms with Gasteiger partial charge in [-0.2, -0.15) is 9.59 Å². The van der Waals surface area contributed by atoms with E-state index in [1.807, 2.05) is 6.07 Å². The van der Waals surface area contributed by atoms with Gasteiger partial charge >= 0.3 is 6.15 Å². The molecule has 0 unspecified atom stereocenters. The van der Waals surface area contributed by atoms with E-state index in [1.54, 1.807) is 18.3 Å². The standard InChI is InChI=1S/C15H17Cl2N3O4S.CO2/c1-23-14-12(20-5-4-18-19-20)13(22)11(7-21)24-15(14)25-8-2-3-9(16)10(17)6-8;2-1-3/h2-6,11-15,21-22H,7H2,1H3;/t11-,12+,13+,14-,15-;/m1./s1. The highest BCUT2D eigenvalue weighted by Crippen LogP contribution is 2.40. The number of aliphatic hydroxyl groups is 2. The molecule has 1 aliphatic heterocycles. The predicted molar refractivity (Wildman–Crippen MR) is 98.9 cm³/mol. The van der Waals surface area contributed by atoms with Gasteiger partial charge in [-0.1, -0.05) is 40.2 Å². The first kappa shape index (κ1) is 22.8. The molecule has 0 bridgehead atoms. The first-order chi connectivity index (χ1) is 13.5. The number of nitrogens with zero attached hydrogens (tertiary/aromatic N) is 3. The zero-order chi connectivity index (χ0) is 20.7. The Hall–Kier alpha value is -1.49. The van der Waals surface area contributed by atoms with Gasteiger partial charge in [0.15, 0.2) is 0 Å². The number of carbonyl (C=O) groups excluding carboxylic acids is 2. The number of aliphatic hydroxyl groups excluding tert-OH is 2. The van der Waals surface area contributed by atoms with E-state index in [4.69, 9.17) is 42.3 Å². The summed E-state index contributed by atoms with van der Waals surface area (Å²) in [5.74, 6) is 0. The Kier molecular flexibility index (Phi) is 8.87. The van der Waals surface area contributed by atoms with Crippen molar-refractivity contribution in [2.75, 3.05) is 13.7 Å². The maximum absolute atomic E-state index is 10.6. The molecule has 0 radical (unpaired) electrons. The van der Waals surface area contributed by atoms with Gasteiger partial charge in [-0.25, -0.2) is 4.68 Å². The lowest BCUT2D eigenvalue weighted by atomic mass is 9.97. The number of ether oxygens (including phenoxy) is 2. The molecule has 2 heterocycles. The quantitative estimate of drug-likeness (QED) is 0.696. The fraction of sp³-hybridized carbons (Fsp3) is 0.438. The summed E-state index contributed by atoms with van der Waals surface area (Å²) in [7, 11) is 1.53. The van der Waals surface area contributed by atoms with Crippen LogP contribution in [0.2, 0.25) is 10.0 Å². The van der Waals surface area contributed by atoms with Gasteiger partial charge in [0, 0.05) is 18.2 Å². The van der Waals surface area contributed by atoms with Crippen LogP contribution in [-0.4, -0.2) is 68.8 Å². The Balaban J connectivity index is 0.000000878. The Morgan fingerprint density at radius 3 is 2.61 bits per heavy atom. The third-order valence-corrected chi connectivity index (χ3v) is 5.86. The number of benzene rings is 1. The lowest BCUT2D eigenvalue weighted by Gasteiger charge is -2.43. The first-order valence-corrected chi connectivity index (χ1v) is 9.54. The average Bonchev–Trinajstić information content (AvgIpc) is 3.20. The van der Waals surface area contributed by atoms with Crippen molar-refractivity contribution in [1.82, 2.24) is 15.0 Å². The molecular formula is C16H17Cl2N3O6S. The third-order valence-electron chi connectivity index (χ3n) is 3.99. The summed E-state index contributed by atoms with van der Waals surface area (Å²) in [5, 5.41) is 28.8. The Morgan fingerprint density at radius 1 is 1.36 bits per heavy atom. The van der Waals surface area contributed by atoms with Crippen LogP contribution >= 0.6 is 35.0 Å². The molecule has 0 spiro atoms. The second-order valence-corrected chi connectivity index (χ2v) is 7.55. The van der Waals surface area contributed by atoms with E-state index in [-0.39, 0.29) is 12.8 Å². The average molecular weight is 450 g/mol. The predicted octanol–water partition coefficient (Wildman–Crippen LogP) is 1.43. The summed E-state index contributed by atoms with van der Waals surface area (Å²) in [4.78, 5) is 17.1. The van der Waals surface area contributed by atoms with E-state index in [0.717, 1.165) is 4.90 Å². The van der Waals surface area contributed by atoms with Gasteiger partial charge in [-0.15, -0.1) is 5.10 Å². The molecule has 152 valence electrons. The maximum Gasteiger partial charge on any atom is 0.373 e. The van der Waals surface area contributed by atoms with Gasteiger partial charge in [-0.3, -0.25) is 0 Å². The third kappa shape index (κ3) is 5.31. The molecule has 12 heteroatoms. The van der Waals surface area contributed by atoms with Crippen LogP contribution in [0, 0.1) is 0 Å². The van der Waals surface area contributed by atoms with E-state index in [2.05, 4.69) is 10.3 Å². The van der Waals surface area contributed by atoms with Crippen LogP contribution in [-0.2, 0) is 19.1 Å². The second-order valence-electron chi connectivity index (χ2n) is 5.57. The van der Waals surface area contributed by atoms with Crippen molar-refractivity contribution in [2.24, 2.45) is 0 Å².